The van der Waals surface area contributed by atoms with Gasteiger partial charge in [-0.05, 0) is 0 Å². The third-order valence-electron chi connectivity index (χ3n) is 1.98. The van der Waals surface area contributed by atoms with Crippen molar-refractivity contribution >= 4 is 11.9 Å². The molecule has 0 saturated carbocycles. The lowest BCUT2D eigenvalue weighted by atomic mass is 10.1. The standard InChI is InChI=1S/C9H14N4O3.5H2/c10-2-1-8(14)13-7(9(15)16)3-6-4-11-5-12-6;;;;;/h4-5,7H,1-3,10H2,(H,11,12)(H,13,14)(H,15,16);5*1H/t7-;;;;;/m0...../s1. The van der Waals surface area contributed by atoms with Crippen molar-refractivity contribution < 1.29 is 21.8 Å². The van der Waals surface area contributed by atoms with E-state index in [2.05, 4.69) is 15.3 Å². The Labute approximate surface area is 99.5 Å². The molecule has 0 bridgehead atoms. The van der Waals surface area contributed by atoms with Crippen LogP contribution in [0.2, 0.25) is 0 Å². The van der Waals surface area contributed by atoms with Gasteiger partial charge in [0, 0.05) is 38.4 Å². The largest absolute Gasteiger partial charge is 0.480 e. The van der Waals surface area contributed by atoms with Crippen molar-refractivity contribution in [1.82, 2.24) is 15.3 Å². The van der Waals surface area contributed by atoms with Gasteiger partial charge in [-0.15, -0.1) is 0 Å². The summed E-state index contributed by atoms with van der Waals surface area (Å²) in [5.74, 6) is -1.45. The Morgan fingerprint density at radius 3 is 2.94 bits per heavy atom. The number of aliphatic carboxylic acids is 1. The minimum atomic E-state index is -1.08. The average Bonchev–Trinajstić information content (AvgIpc) is 2.69. The highest BCUT2D eigenvalue weighted by Gasteiger charge is 2.20. The number of carbonyl (C=O) groups excluding carboxylic acids is 1. The third-order valence-corrected chi connectivity index (χ3v) is 1.98. The van der Waals surface area contributed by atoms with Crippen LogP contribution in [0.4, 0.5) is 0 Å². The zero-order valence-corrected chi connectivity index (χ0v) is 8.64. The highest BCUT2D eigenvalue weighted by molar-refractivity contribution is 5.83. The first-order valence-electron chi connectivity index (χ1n) is 4.83. The Hall–Kier alpha value is -1.89. The number of imidazole rings is 1. The first-order chi connectivity index (χ1) is 7.63. The van der Waals surface area contributed by atoms with Gasteiger partial charge in [-0.3, -0.25) is 4.79 Å². The summed E-state index contributed by atoms with van der Waals surface area (Å²) in [6.07, 6.45) is 3.26. The molecule has 1 aromatic heterocycles. The van der Waals surface area contributed by atoms with E-state index >= 15 is 0 Å². The maximum atomic E-state index is 11.2. The molecule has 0 radical (unpaired) electrons. The molecule has 16 heavy (non-hydrogen) atoms. The van der Waals surface area contributed by atoms with Gasteiger partial charge in [0.2, 0.25) is 5.91 Å². The number of carboxylic acids is 1. The molecule has 0 aliphatic rings. The minimum absolute atomic E-state index is 0. The quantitative estimate of drug-likeness (QED) is 0.558. The Morgan fingerprint density at radius 2 is 2.44 bits per heavy atom. The zero-order chi connectivity index (χ0) is 12.0. The number of rotatable bonds is 6. The van der Waals surface area contributed by atoms with Gasteiger partial charge in [0.15, 0.2) is 0 Å². The Balaban J connectivity index is -0.000000171. The predicted octanol–water partition coefficient (Wildman–Crippen LogP) is 0.100. The van der Waals surface area contributed by atoms with Gasteiger partial charge in [-0.2, -0.15) is 0 Å². The summed E-state index contributed by atoms with van der Waals surface area (Å²) in [6.45, 7) is 0.197. The smallest absolute Gasteiger partial charge is 0.326 e. The van der Waals surface area contributed by atoms with E-state index in [1.165, 1.54) is 12.5 Å². The number of nitrogens with zero attached hydrogens (tertiary/aromatic N) is 1. The Morgan fingerprint density at radius 1 is 1.69 bits per heavy atom. The van der Waals surface area contributed by atoms with Crippen molar-refractivity contribution in [2.45, 2.75) is 18.9 Å². The highest BCUT2D eigenvalue weighted by Crippen LogP contribution is 1.99. The van der Waals surface area contributed by atoms with Gasteiger partial charge in [-0.25, -0.2) is 9.78 Å². The van der Waals surface area contributed by atoms with Crippen molar-refractivity contribution in [2.24, 2.45) is 5.73 Å². The molecule has 0 aliphatic heterocycles. The second kappa shape index (κ2) is 5.86. The van der Waals surface area contributed by atoms with Gasteiger partial charge in [-0.1, -0.05) is 0 Å². The first kappa shape index (κ1) is 12.2. The topological polar surface area (TPSA) is 121 Å². The normalized spacial score (nSPS) is 12.1. The van der Waals surface area contributed by atoms with Crippen LogP contribution >= 0.6 is 0 Å². The number of aromatic nitrogens is 2. The number of nitrogens with one attached hydrogen (secondary N) is 2. The molecule has 0 aliphatic carbocycles. The summed E-state index contributed by atoms with van der Waals surface area (Å²) < 4.78 is 0. The van der Waals surface area contributed by atoms with Crippen LogP contribution < -0.4 is 11.1 Å². The lowest BCUT2D eigenvalue weighted by Gasteiger charge is -2.13. The van der Waals surface area contributed by atoms with E-state index in [1.807, 2.05) is 0 Å². The molecule has 7 nitrogen and oxygen atoms in total. The lowest BCUT2D eigenvalue weighted by molar-refractivity contribution is -0.141. The summed E-state index contributed by atoms with van der Waals surface area (Å²) in [4.78, 5) is 28.6. The molecule has 0 spiro atoms. The summed E-state index contributed by atoms with van der Waals surface area (Å²) >= 11 is 0. The molecule has 0 aromatic carbocycles. The van der Waals surface area contributed by atoms with Crippen LogP contribution in [0.3, 0.4) is 0 Å². The van der Waals surface area contributed by atoms with E-state index in [0.717, 1.165) is 0 Å². The van der Waals surface area contributed by atoms with E-state index in [4.69, 9.17) is 10.8 Å². The first-order valence-corrected chi connectivity index (χ1v) is 4.83. The number of H-pyrrole nitrogens is 1. The van der Waals surface area contributed by atoms with Crippen molar-refractivity contribution in [3.05, 3.63) is 18.2 Å². The predicted molar refractivity (Wildman–Crippen MR) is 66.1 cm³/mol. The second-order valence-corrected chi connectivity index (χ2v) is 3.28. The van der Waals surface area contributed by atoms with Gasteiger partial charge in [0.1, 0.15) is 6.04 Å². The Kier molecular flexibility index (Phi) is 4.46. The average molecular weight is 236 g/mol. The molecule has 1 rings (SSSR count). The van der Waals surface area contributed by atoms with E-state index in [1.54, 1.807) is 0 Å². The third kappa shape index (κ3) is 3.70. The van der Waals surface area contributed by atoms with E-state index in [0.29, 0.717) is 5.69 Å². The summed E-state index contributed by atoms with van der Waals surface area (Å²) in [5.41, 5.74) is 5.85. The minimum Gasteiger partial charge on any atom is -0.480 e. The van der Waals surface area contributed by atoms with Gasteiger partial charge < -0.3 is 21.1 Å². The van der Waals surface area contributed by atoms with Crippen LogP contribution in [-0.2, 0) is 16.0 Å². The van der Waals surface area contributed by atoms with Crippen molar-refractivity contribution in [1.29, 1.82) is 0 Å². The summed E-state index contributed by atoms with van der Waals surface area (Å²) in [5, 5.41) is 11.3. The van der Waals surface area contributed by atoms with Crippen LogP contribution in [0.5, 0.6) is 0 Å². The molecule has 98 valence electrons. The molecule has 1 amide bonds. The fraction of sp³-hybridized carbons (Fsp3) is 0.444. The number of carboxylic acid groups (broad SMARTS) is 1. The number of hydrogen-bond acceptors (Lipinski definition) is 4. The molecule has 5 N–H and O–H groups in total. The number of amides is 1. The molecular formula is C9H24N4O3. The van der Waals surface area contributed by atoms with Crippen LogP contribution in [-0.4, -0.2) is 39.5 Å². The van der Waals surface area contributed by atoms with Gasteiger partial charge >= 0.3 is 5.97 Å². The maximum absolute atomic E-state index is 11.2. The molecule has 0 fully saturated rings. The molecular weight excluding hydrogens is 212 g/mol. The summed E-state index contributed by atoms with van der Waals surface area (Å²) in [7, 11) is 0. The van der Waals surface area contributed by atoms with Crippen molar-refractivity contribution in [2.75, 3.05) is 6.54 Å². The Bertz CT molecular complexity index is 366. The molecule has 1 heterocycles. The number of hydrogen-bond donors (Lipinski definition) is 4. The number of aromatic amines is 1. The second-order valence-electron chi connectivity index (χ2n) is 3.28. The zero-order valence-electron chi connectivity index (χ0n) is 8.64. The van der Waals surface area contributed by atoms with Gasteiger partial charge in [0.05, 0.1) is 6.33 Å². The molecule has 1 aromatic rings. The SMILES string of the molecule is NCCC(=O)N[C@@H](Cc1cnc[nH]1)C(=O)O.[HH].[HH].[HH].[HH].[HH]. The van der Waals surface area contributed by atoms with Crippen LogP contribution in [0, 0.1) is 0 Å². The van der Waals surface area contributed by atoms with E-state index in [-0.39, 0.29) is 32.4 Å². The van der Waals surface area contributed by atoms with Crippen molar-refractivity contribution in [3.8, 4) is 0 Å². The fourth-order valence-corrected chi connectivity index (χ4v) is 1.21. The molecule has 1 atom stereocenters. The van der Waals surface area contributed by atoms with Crippen molar-refractivity contribution in [3.63, 3.8) is 0 Å². The maximum Gasteiger partial charge on any atom is 0.326 e. The fourth-order valence-electron chi connectivity index (χ4n) is 1.21. The lowest BCUT2D eigenvalue weighted by Crippen LogP contribution is -2.42. The number of nitrogens with two attached hydrogens (primary N) is 1. The van der Waals surface area contributed by atoms with E-state index in [9.17, 15) is 9.59 Å². The van der Waals surface area contributed by atoms with Crippen LogP contribution in [0.15, 0.2) is 12.5 Å². The molecule has 7 heteroatoms. The highest BCUT2D eigenvalue weighted by atomic mass is 16.4. The van der Waals surface area contributed by atoms with Crippen LogP contribution in [0.25, 0.3) is 0 Å². The molecule has 0 saturated heterocycles. The van der Waals surface area contributed by atoms with Crippen LogP contribution in [0.1, 0.15) is 19.2 Å². The van der Waals surface area contributed by atoms with Gasteiger partial charge in [0.25, 0.3) is 0 Å². The summed E-state index contributed by atoms with van der Waals surface area (Å²) in [6, 6.07) is -0.959. The number of carbonyl (C=O) groups is 2. The van der Waals surface area contributed by atoms with E-state index < -0.39 is 12.0 Å². The molecule has 0 unspecified atom stereocenters. The monoisotopic (exact) mass is 236 g/mol.